The summed E-state index contributed by atoms with van der Waals surface area (Å²) >= 11 is 0. The molecule has 0 bridgehead atoms. The van der Waals surface area contributed by atoms with Gasteiger partial charge in [-0.3, -0.25) is 0 Å². The first-order valence-electron chi connectivity index (χ1n) is 5.36. The van der Waals surface area contributed by atoms with Crippen LogP contribution in [0, 0.1) is 0 Å². The number of nitrogens with two attached hydrogens (primary N) is 2. The predicted molar refractivity (Wildman–Crippen MR) is 66.1 cm³/mol. The van der Waals surface area contributed by atoms with Gasteiger partial charge in [0.1, 0.15) is 0 Å². The minimum Gasteiger partial charge on any atom is -0.316 e. The summed E-state index contributed by atoms with van der Waals surface area (Å²) in [6.07, 6.45) is 4.41. The number of benzene rings is 1. The van der Waals surface area contributed by atoms with E-state index in [0.717, 1.165) is 12.8 Å². The summed E-state index contributed by atoms with van der Waals surface area (Å²) in [7, 11) is 0. The van der Waals surface area contributed by atoms with Gasteiger partial charge in [-0.05, 0) is 42.7 Å². The van der Waals surface area contributed by atoms with Crippen LogP contribution in [-0.2, 0) is 6.42 Å². The molecule has 2 rings (SSSR count). The lowest BCUT2D eigenvalue weighted by Gasteiger charge is -2.12. The average molecular weight is 227 g/mol. The predicted octanol–water partition coefficient (Wildman–Crippen LogP) is 2.16. The topological polar surface area (TPSA) is 52.0 Å². The van der Waals surface area contributed by atoms with E-state index < -0.39 is 0 Å². The van der Waals surface area contributed by atoms with Gasteiger partial charge in [0.15, 0.2) is 0 Å². The molecule has 1 aliphatic rings. The monoisotopic (exact) mass is 226 g/mol. The number of halogens is 1. The molecule has 0 saturated carbocycles. The zero-order valence-electron chi connectivity index (χ0n) is 8.86. The lowest BCUT2D eigenvalue weighted by Crippen LogP contribution is -2.30. The van der Waals surface area contributed by atoms with E-state index in [0.29, 0.717) is 5.92 Å². The SMILES string of the molecule is Cl.NC(N)CCC1CCc2ccccc21. The Morgan fingerprint density at radius 2 is 2.00 bits per heavy atom. The van der Waals surface area contributed by atoms with Crippen molar-refractivity contribution in [3.05, 3.63) is 35.4 Å². The van der Waals surface area contributed by atoms with E-state index in [-0.39, 0.29) is 18.6 Å². The van der Waals surface area contributed by atoms with Crippen LogP contribution in [0.2, 0.25) is 0 Å². The van der Waals surface area contributed by atoms with E-state index in [2.05, 4.69) is 24.3 Å². The van der Waals surface area contributed by atoms with Gasteiger partial charge >= 0.3 is 0 Å². The van der Waals surface area contributed by atoms with Gasteiger partial charge in [-0.25, -0.2) is 0 Å². The van der Waals surface area contributed by atoms with E-state index in [4.69, 9.17) is 11.5 Å². The van der Waals surface area contributed by atoms with E-state index in [1.807, 2.05) is 0 Å². The highest BCUT2D eigenvalue weighted by Crippen LogP contribution is 2.35. The summed E-state index contributed by atoms with van der Waals surface area (Å²) in [6.45, 7) is 0. The first-order valence-corrected chi connectivity index (χ1v) is 5.36. The quantitative estimate of drug-likeness (QED) is 0.777. The highest BCUT2D eigenvalue weighted by Gasteiger charge is 2.21. The lowest BCUT2D eigenvalue weighted by atomic mass is 9.96. The van der Waals surface area contributed by atoms with E-state index in [9.17, 15) is 0 Å². The van der Waals surface area contributed by atoms with Gasteiger partial charge in [-0.1, -0.05) is 24.3 Å². The molecule has 0 amide bonds. The molecule has 0 aliphatic heterocycles. The minimum atomic E-state index is -0.150. The Morgan fingerprint density at radius 1 is 1.27 bits per heavy atom. The van der Waals surface area contributed by atoms with Gasteiger partial charge < -0.3 is 11.5 Å². The first kappa shape index (κ1) is 12.5. The molecule has 1 aromatic rings. The molecule has 2 nitrogen and oxygen atoms in total. The molecule has 15 heavy (non-hydrogen) atoms. The Kier molecular flexibility index (Phi) is 4.58. The van der Waals surface area contributed by atoms with Crippen LogP contribution in [0.15, 0.2) is 24.3 Å². The molecule has 1 atom stereocenters. The molecule has 1 unspecified atom stereocenters. The summed E-state index contributed by atoms with van der Waals surface area (Å²) in [4.78, 5) is 0. The van der Waals surface area contributed by atoms with Gasteiger partial charge in [-0.2, -0.15) is 0 Å². The second-order valence-electron chi connectivity index (χ2n) is 4.18. The van der Waals surface area contributed by atoms with Gasteiger partial charge in [0.05, 0.1) is 6.17 Å². The van der Waals surface area contributed by atoms with Crippen LogP contribution < -0.4 is 11.5 Å². The first-order chi connectivity index (χ1) is 6.77. The van der Waals surface area contributed by atoms with Crippen LogP contribution in [0.3, 0.4) is 0 Å². The number of fused-ring (bicyclic) bond motifs is 1. The zero-order chi connectivity index (χ0) is 9.97. The van der Waals surface area contributed by atoms with Crippen molar-refractivity contribution in [3.8, 4) is 0 Å². The Bertz CT molecular complexity index is 312. The number of hydrogen-bond acceptors (Lipinski definition) is 2. The molecule has 84 valence electrons. The number of rotatable bonds is 3. The molecular weight excluding hydrogens is 208 g/mol. The molecule has 0 spiro atoms. The van der Waals surface area contributed by atoms with Gasteiger partial charge in [-0.15, -0.1) is 12.4 Å². The molecule has 3 heteroatoms. The highest BCUT2D eigenvalue weighted by atomic mass is 35.5. The Hall–Kier alpha value is -0.570. The third-order valence-electron chi connectivity index (χ3n) is 3.11. The van der Waals surface area contributed by atoms with Gasteiger partial charge in [0, 0.05) is 0 Å². The Morgan fingerprint density at radius 3 is 2.73 bits per heavy atom. The molecule has 0 heterocycles. The Balaban J connectivity index is 0.00000112. The van der Waals surface area contributed by atoms with Crippen LogP contribution in [0.5, 0.6) is 0 Å². The third-order valence-corrected chi connectivity index (χ3v) is 3.11. The van der Waals surface area contributed by atoms with Crippen LogP contribution in [0.1, 0.15) is 36.3 Å². The fraction of sp³-hybridized carbons (Fsp3) is 0.500. The van der Waals surface area contributed by atoms with Crippen molar-refractivity contribution in [1.29, 1.82) is 0 Å². The number of hydrogen-bond donors (Lipinski definition) is 2. The van der Waals surface area contributed by atoms with Crippen molar-refractivity contribution in [2.45, 2.75) is 37.8 Å². The van der Waals surface area contributed by atoms with Crippen molar-refractivity contribution >= 4 is 12.4 Å². The normalized spacial score (nSPS) is 18.7. The van der Waals surface area contributed by atoms with Crippen LogP contribution >= 0.6 is 12.4 Å². The van der Waals surface area contributed by atoms with Crippen molar-refractivity contribution < 1.29 is 0 Å². The molecule has 0 saturated heterocycles. The second-order valence-corrected chi connectivity index (χ2v) is 4.18. The molecule has 1 aliphatic carbocycles. The van der Waals surface area contributed by atoms with Crippen molar-refractivity contribution in [2.24, 2.45) is 11.5 Å². The fourth-order valence-corrected chi connectivity index (χ4v) is 2.34. The summed E-state index contributed by atoms with van der Waals surface area (Å²) in [6, 6.07) is 8.72. The Labute approximate surface area is 97.4 Å². The maximum Gasteiger partial charge on any atom is 0.0521 e. The average Bonchev–Trinajstić information content (AvgIpc) is 2.58. The van der Waals surface area contributed by atoms with E-state index in [1.54, 1.807) is 0 Å². The van der Waals surface area contributed by atoms with Crippen molar-refractivity contribution in [2.75, 3.05) is 0 Å². The second kappa shape index (κ2) is 5.50. The van der Waals surface area contributed by atoms with Crippen LogP contribution in [0.25, 0.3) is 0 Å². The molecule has 4 N–H and O–H groups in total. The summed E-state index contributed by atoms with van der Waals surface area (Å²) < 4.78 is 0. The van der Waals surface area contributed by atoms with Crippen LogP contribution in [0.4, 0.5) is 0 Å². The molecule has 1 aromatic carbocycles. The van der Waals surface area contributed by atoms with Crippen molar-refractivity contribution in [1.82, 2.24) is 0 Å². The largest absolute Gasteiger partial charge is 0.316 e. The number of aryl methyl sites for hydroxylation is 1. The van der Waals surface area contributed by atoms with Crippen LogP contribution in [-0.4, -0.2) is 6.17 Å². The fourth-order valence-electron chi connectivity index (χ4n) is 2.34. The maximum atomic E-state index is 5.57. The minimum absolute atomic E-state index is 0. The summed E-state index contributed by atoms with van der Waals surface area (Å²) in [5.74, 6) is 0.695. The van der Waals surface area contributed by atoms with E-state index in [1.165, 1.54) is 24.0 Å². The molecular formula is C12H19ClN2. The highest BCUT2D eigenvalue weighted by molar-refractivity contribution is 5.85. The molecule has 0 aromatic heterocycles. The summed E-state index contributed by atoms with van der Waals surface area (Å²) in [5.41, 5.74) is 14.2. The third kappa shape index (κ3) is 2.94. The zero-order valence-corrected chi connectivity index (χ0v) is 9.67. The van der Waals surface area contributed by atoms with E-state index >= 15 is 0 Å². The summed E-state index contributed by atoms with van der Waals surface area (Å²) in [5, 5.41) is 0. The maximum absolute atomic E-state index is 5.57. The van der Waals surface area contributed by atoms with Gasteiger partial charge in [0.25, 0.3) is 0 Å². The van der Waals surface area contributed by atoms with Crippen molar-refractivity contribution in [3.63, 3.8) is 0 Å². The van der Waals surface area contributed by atoms with Gasteiger partial charge in [0.2, 0.25) is 0 Å². The molecule has 0 fully saturated rings. The smallest absolute Gasteiger partial charge is 0.0521 e. The molecule has 0 radical (unpaired) electrons. The lowest BCUT2D eigenvalue weighted by molar-refractivity contribution is 0.529. The standard InChI is InChI=1S/C12H18N2.ClH/c13-12(14)8-7-10-6-5-9-3-1-2-4-11(9)10;/h1-4,10,12H,5-8,13-14H2;1H.